The lowest BCUT2D eigenvalue weighted by Gasteiger charge is -2.28. The van der Waals surface area contributed by atoms with Gasteiger partial charge >= 0.3 is 0 Å². The van der Waals surface area contributed by atoms with Gasteiger partial charge < -0.3 is 5.32 Å². The summed E-state index contributed by atoms with van der Waals surface area (Å²) in [5.74, 6) is -0.386. The Morgan fingerprint density at radius 1 is 0.800 bits per heavy atom. The summed E-state index contributed by atoms with van der Waals surface area (Å²) < 4.78 is 25.6. The van der Waals surface area contributed by atoms with Crippen LogP contribution in [-0.4, -0.2) is 31.9 Å². The number of benzene rings is 3. The molecule has 0 heterocycles. The fourth-order valence-corrected chi connectivity index (χ4v) is 3.94. The van der Waals surface area contributed by atoms with Crippen molar-refractivity contribution in [1.29, 1.82) is 0 Å². The average Bonchev–Trinajstić information content (AvgIpc) is 2.74. The Morgan fingerprint density at radius 3 is 1.77 bits per heavy atom. The van der Waals surface area contributed by atoms with Crippen molar-refractivity contribution in [2.45, 2.75) is 19.0 Å². The van der Waals surface area contributed by atoms with Crippen LogP contribution < -0.4 is 5.32 Å². The fraction of sp³-hybridized carbons (Fsp3) is 0.208. The van der Waals surface area contributed by atoms with E-state index in [1.165, 1.54) is 7.05 Å². The van der Waals surface area contributed by atoms with E-state index in [-0.39, 0.29) is 5.91 Å². The van der Waals surface area contributed by atoms with Crippen LogP contribution in [-0.2, 0) is 14.8 Å². The molecule has 0 aliphatic carbocycles. The van der Waals surface area contributed by atoms with E-state index < -0.39 is 22.1 Å². The third-order valence-electron chi connectivity index (χ3n) is 5.08. The molecule has 0 unspecified atom stereocenters. The van der Waals surface area contributed by atoms with Gasteiger partial charge in [0.15, 0.2) is 0 Å². The third kappa shape index (κ3) is 5.14. The number of aryl methyl sites for hydroxylation is 1. The van der Waals surface area contributed by atoms with Crippen LogP contribution in [0.1, 0.15) is 34.3 Å². The summed E-state index contributed by atoms with van der Waals surface area (Å²) in [6.45, 7) is 2.01. The number of hydrogen-bond donors (Lipinski definition) is 1. The van der Waals surface area contributed by atoms with Gasteiger partial charge in [0, 0.05) is 7.05 Å². The number of carbonyl (C=O) groups excluding carboxylic acids is 1. The Morgan fingerprint density at radius 2 is 1.27 bits per heavy atom. The number of sulfonamides is 1. The van der Waals surface area contributed by atoms with Gasteiger partial charge in [-0.05, 0) is 23.6 Å². The van der Waals surface area contributed by atoms with Crippen molar-refractivity contribution in [2.24, 2.45) is 0 Å². The van der Waals surface area contributed by atoms with Crippen LogP contribution in [0.3, 0.4) is 0 Å². The number of nitrogens with one attached hydrogen (secondary N) is 1. The van der Waals surface area contributed by atoms with Gasteiger partial charge in [0.2, 0.25) is 15.9 Å². The molecule has 0 spiro atoms. The predicted octanol–water partition coefficient (Wildman–Crippen LogP) is 3.83. The monoisotopic (exact) mass is 422 g/mol. The zero-order chi connectivity index (χ0) is 21.7. The van der Waals surface area contributed by atoms with Crippen molar-refractivity contribution in [2.75, 3.05) is 13.3 Å². The van der Waals surface area contributed by atoms with Crippen molar-refractivity contribution in [3.63, 3.8) is 0 Å². The summed E-state index contributed by atoms with van der Waals surface area (Å²) in [5, 5.41) is 3.08. The molecule has 3 aromatic carbocycles. The molecule has 0 aliphatic rings. The van der Waals surface area contributed by atoms with Crippen LogP contribution in [0.5, 0.6) is 0 Å². The Hall–Kier alpha value is -2.96. The molecule has 0 aromatic heterocycles. The van der Waals surface area contributed by atoms with Crippen LogP contribution in [0.25, 0.3) is 0 Å². The number of nitrogens with zero attached hydrogens (tertiary/aromatic N) is 1. The van der Waals surface area contributed by atoms with Gasteiger partial charge in [0.05, 0.1) is 12.3 Å². The standard InChI is InChI=1S/C24H26N2O3S/c1-18-14-16-20(17-15-18)22(19-10-6-4-7-11-19)25-24(27)23(26(2)30(3,28)29)21-12-8-5-9-13-21/h4-17,22-23H,1-3H3,(H,25,27)/t22-,23-/m0/s1. The second kappa shape index (κ2) is 9.24. The SMILES string of the molecule is Cc1ccc([C@@H](NC(=O)[C@H](c2ccccc2)N(C)S(C)(=O)=O)c2ccccc2)cc1. The maximum atomic E-state index is 13.4. The maximum absolute atomic E-state index is 13.4. The van der Waals surface area contributed by atoms with Gasteiger partial charge in [-0.15, -0.1) is 0 Å². The van der Waals surface area contributed by atoms with E-state index in [0.29, 0.717) is 5.56 Å². The van der Waals surface area contributed by atoms with Crippen molar-refractivity contribution in [1.82, 2.24) is 9.62 Å². The largest absolute Gasteiger partial charge is 0.343 e. The van der Waals surface area contributed by atoms with Gasteiger partial charge in [0.1, 0.15) is 6.04 Å². The van der Waals surface area contributed by atoms with Gasteiger partial charge in [-0.2, -0.15) is 4.31 Å². The van der Waals surface area contributed by atoms with Crippen LogP contribution in [0.15, 0.2) is 84.9 Å². The molecule has 3 aromatic rings. The normalized spacial score (nSPS) is 13.6. The van der Waals surface area contributed by atoms with E-state index >= 15 is 0 Å². The smallest absolute Gasteiger partial charge is 0.243 e. The Balaban J connectivity index is 2.01. The molecule has 3 rings (SSSR count). The first-order valence-corrected chi connectivity index (χ1v) is 11.5. The van der Waals surface area contributed by atoms with Crippen molar-refractivity contribution < 1.29 is 13.2 Å². The molecule has 156 valence electrons. The minimum Gasteiger partial charge on any atom is -0.343 e. The number of likely N-dealkylation sites (N-methyl/N-ethyl adjacent to an activating group) is 1. The van der Waals surface area contributed by atoms with Crippen LogP contribution >= 0.6 is 0 Å². The molecule has 0 radical (unpaired) electrons. The van der Waals surface area contributed by atoms with E-state index in [1.54, 1.807) is 24.3 Å². The maximum Gasteiger partial charge on any atom is 0.243 e. The topological polar surface area (TPSA) is 66.5 Å². The molecular weight excluding hydrogens is 396 g/mol. The summed E-state index contributed by atoms with van der Waals surface area (Å²) in [5.41, 5.74) is 3.58. The van der Waals surface area contributed by atoms with E-state index in [4.69, 9.17) is 0 Å². The summed E-state index contributed by atoms with van der Waals surface area (Å²) in [7, 11) is -2.17. The van der Waals surface area contributed by atoms with Gasteiger partial charge in [0.25, 0.3) is 0 Å². The Labute approximate surface area is 178 Å². The lowest BCUT2D eigenvalue weighted by molar-refractivity contribution is -0.125. The van der Waals surface area contributed by atoms with Crippen molar-refractivity contribution in [3.05, 3.63) is 107 Å². The number of hydrogen-bond acceptors (Lipinski definition) is 3. The molecule has 30 heavy (non-hydrogen) atoms. The van der Waals surface area contributed by atoms with E-state index in [1.807, 2.05) is 67.6 Å². The zero-order valence-corrected chi connectivity index (χ0v) is 18.1. The van der Waals surface area contributed by atoms with Gasteiger partial charge in [-0.25, -0.2) is 8.42 Å². The molecule has 0 fully saturated rings. The van der Waals surface area contributed by atoms with E-state index in [2.05, 4.69) is 5.32 Å². The van der Waals surface area contributed by atoms with Gasteiger partial charge in [-0.1, -0.05) is 90.5 Å². The molecule has 0 saturated heterocycles. The lowest BCUT2D eigenvalue weighted by atomic mass is 9.97. The molecule has 1 N–H and O–H groups in total. The second-order valence-corrected chi connectivity index (χ2v) is 9.40. The average molecular weight is 423 g/mol. The second-order valence-electron chi connectivity index (χ2n) is 7.36. The number of carbonyl (C=O) groups is 1. The quantitative estimate of drug-likeness (QED) is 0.629. The van der Waals surface area contributed by atoms with Crippen LogP contribution in [0.4, 0.5) is 0 Å². The van der Waals surface area contributed by atoms with E-state index in [0.717, 1.165) is 27.3 Å². The first-order valence-electron chi connectivity index (χ1n) is 9.67. The van der Waals surface area contributed by atoms with Crippen molar-refractivity contribution in [3.8, 4) is 0 Å². The highest BCUT2D eigenvalue weighted by molar-refractivity contribution is 7.88. The molecule has 0 aliphatic heterocycles. The zero-order valence-electron chi connectivity index (χ0n) is 17.3. The first kappa shape index (κ1) is 21.7. The minimum atomic E-state index is -3.59. The number of amides is 1. The first-order chi connectivity index (χ1) is 14.3. The number of rotatable bonds is 7. The van der Waals surface area contributed by atoms with E-state index in [9.17, 15) is 13.2 Å². The molecule has 6 heteroatoms. The summed E-state index contributed by atoms with van der Waals surface area (Å²) in [6.07, 6.45) is 1.10. The minimum absolute atomic E-state index is 0.386. The molecule has 2 atom stereocenters. The molecule has 5 nitrogen and oxygen atoms in total. The highest BCUT2D eigenvalue weighted by Gasteiger charge is 2.32. The third-order valence-corrected chi connectivity index (χ3v) is 6.34. The summed E-state index contributed by atoms with van der Waals surface area (Å²) in [4.78, 5) is 13.4. The highest BCUT2D eigenvalue weighted by atomic mass is 32.2. The Kier molecular flexibility index (Phi) is 6.70. The molecular formula is C24H26N2O3S. The van der Waals surface area contributed by atoms with Crippen molar-refractivity contribution >= 4 is 15.9 Å². The van der Waals surface area contributed by atoms with Gasteiger partial charge in [-0.3, -0.25) is 4.79 Å². The molecule has 0 saturated carbocycles. The van der Waals surface area contributed by atoms with Crippen LogP contribution in [0.2, 0.25) is 0 Å². The molecule has 0 bridgehead atoms. The van der Waals surface area contributed by atoms with Crippen LogP contribution in [0, 0.1) is 6.92 Å². The molecule has 1 amide bonds. The predicted molar refractivity (Wildman–Crippen MR) is 119 cm³/mol. The fourth-order valence-electron chi connectivity index (χ4n) is 3.34. The summed E-state index contributed by atoms with van der Waals surface area (Å²) >= 11 is 0. The highest BCUT2D eigenvalue weighted by Crippen LogP contribution is 2.27. The lowest BCUT2D eigenvalue weighted by Crippen LogP contribution is -2.42. The summed E-state index contributed by atoms with van der Waals surface area (Å²) in [6, 6.07) is 25.1. The Bertz CT molecular complexity index is 1080.